The minimum atomic E-state index is -0.638. The van der Waals surface area contributed by atoms with Crippen molar-refractivity contribution in [2.75, 3.05) is 39.8 Å². The van der Waals surface area contributed by atoms with Gasteiger partial charge in [-0.1, -0.05) is 70.4 Å². The van der Waals surface area contributed by atoms with Crippen LogP contribution in [-0.2, 0) is 41.8 Å². The van der Waals surface area contributed by atoms with Gasteiger partial charge in [-0.05, 0) is 66.0 Å². The van der Waals surface area contributed by atoms with Crippen LogP contribution in [0.4, 0.5) is 0 Å². The molecule has 0 bridgehead atoms. The molecule has 7 nitrogen and oxygen atoms in total. The molecule has 0 radical (unpaired) electrons. The van der Waals surface area contributed by atoms with Gasteiger partial charge in [-0.15, -0.1) is 0 Å². The lowest BCUT2D eigenvalue weighted by Gasteiger charge is -2.40. The van der Waals surface area contributed by atoms with Crippen LogP contribution in [0, 0.1) is 0 Å². The molecule has 1 aromatic heterocycles. The van der Waals surface area contributed by atoms with Crippen LogP contribution in [0.2, 0.25) is 0 Å². The van der Waals surface area contributed by atoms with E-state index in [9.17, 15) is 9.59 Å². The SMILES string of the molecule is CCc1cc(CN(C)C(=O)C(Cc2c[nH]c3ccccc23)NC(=O)CN2CCN(C3CCCCC3)CC2)cc(CC)c1CC. The quantitative estimate of drug-likeness (QED) is 0.289. The zero-order valence-electron chi connectivity index (χ0n) is 27.5. The average molecular weight is 600 g/mol. The molecule has 1 unspecified atom stereocenters. The molecule has 0 spiro atoms. The van der Waals surface area contributed by atoms with Crippen LogP contribution in [-0.4, -0.2) is 83.4 Å². The summed E-state index contributed by atoms with van der Waals surface area (Å²) in [4.78, 5) is 37.6. The highest BCUT2D eigenvalue weighted by Gasteiger charge is 2.29. The number of hydrogen-bond acceptors (Lipinski definition) is 4. The molecule has 2 heterocycles. The molecule has 1 aliphatic carbocycles. The molecular formula is C37H53N5O2. The van der Waals surface area contributed by atoms with Gasteiger partial charge in [0.05, 0.1) is 6.54 Å². The second-order valence-electron chi connectivity index (χ2n) is 12.9. The number of benzene rings is 2. The van der Waals surface area contributed by atoms with E-state index < -0.39 is 6.04 Å². The number of aryl methyl sites for hydroxylation is 2. The lowest BCUT2D eigenvalue weighted by Crippen LogP contribution is -2.55. The smallest absolute Gasteiger partial charge is 0.245 e. The number of H-pyrrole nitrogens is 1. The fourth-order valence-corrected chi connectivity index (χ4v) is 7.56. The van der Waals surface area contributed by atoms with E-state index in [-0.39, 0.29) is 11.8 Å². The maximum atomic E-state index is 14.1. The van der Waals surface area contributed by atoms with Crippen LogP contribution < -0.4 is 5.32 Å². The van der Waals surface area contributed by atoms with Crippen molar-refractivity contribution >= 4 is 22.7 Å². The normalized spacial score (nSPS) is 17.5. The van der Waals surface area contributed by atoms with Crippen molar-refractivity contribution in [2.24, 2.45) is 0 Å². The third kappa shape index (κ3) is 7.73. The van der Waals surface area contributed by atoms with Crippen molar-refractivity contribution in [3.05, 3.63) is 70.4 Å². The maximum Gasteiger partial charge on any atom is 0.245 e. The second-order valence-corrected chi connectivity index (χ2v) is 12.9. The number of carbonyl (C=O) groups excluding carboxylic acids is 2. The van der Waals surface area contributed by atoms with Crippen LogP contribution in [0.25, 0.3) is 10.9 Å². The largest absolute Gasteiger partial charge is 0.361 e. The second kappa shape index (κ2) is 15.2. The molecule has 2 fully saturated rings. The van der Waals surface area contributed by atoms with Crippen LogP contribution in [0.3, 0.4) is 0 Å². The Bertz CT molecular complexity index is 1370. The van der Waals surface area contributed by atoms with Crippen molar-refractivity contribution < 1.29 is 9.59 Å². The first-order valence-electron chi connectivity index (χ1n) is 17.1. The molecule has 1 saturated heterocycles. The number of para-hydroxylation sites is 1. The minimum absolute atomic E-state index is 0.0542. The van der Waals surface area contributed by atoms with E-state index in [0.29, 0.717) is 25.6 Å². The van der Waals surface area contributed by atoms with E-state index in [2.05, 4.69) is 59.1 Å². The molecule has 7 heteroatoms. The van der Waals surface area contributed by atoms with E-state index >= 15 is 0 Å². The lowest BCUT2D eigenvalue weighted by molar-refractivity contribution is -0.136. The van der Waals surface area contributed by atoms with Crippen molar-refractivity contribution in [1.82, 2.24) is 25.0 Å². The predicted octanol–water partition coefficient (Wildman–Crippen LogP) is 5.49. The first-order chi connectivity index (χ1) is 21.4. The van der Waals surface area contributed by atoms with Gasteiger partial charge >= 0.3 is 0 Å². The summed E-state index contributed by atoms with van der Waals surface area (Å²) in [5.74, 6) is -0.127. The molecule has 2 amide bonds. The van der Waals surface area contributed by atoms with Crippen molar-refractivity contribution in [3.8, 4) is 0 Å². The summed E-state index contributed by atoms with van der Waals surface area (Å²) < 4.78 is 0. The van der Waals surface area contributed by atoms with E-state index in [1.165, 1.54) is 48.8 Å². The van der Waals surface area contributed by atoms with Crippen LogP contribution in [0.5, 0.6) is 0 Å². The molecular weight excluding hydrogens is 546 g/mol. The number of likely N-dealkylation sites (N-methyl/N-ethyl adjacent to an activating group) is 1. The Labute approximate surface area is 264 Å². The summed E-state index contributed by atoms with van der Waals surface area (Å²) in [5.41, 5.74) is 7.42. The van der Waals surface area contributed by atoms with Crippen LogP contribution >= 0.6 is 0 Å². The zero-order chi connectivity index (χ0) is 31.1. The summed E-state index contributed by atoms with van der Waals surface area (Å²) in [6, 6.07) is 12.8. The van der Waals surface area contributed by atoms with Crippen LogP contribution in [0.1, 0.15) is 80.7 Å². The average Bonchev–Trinajstić information content (AvgIpc) is 3.46. The number of fused-ring (bicyclic) bond motifs is 1. The molecule has 2 aliphatic rings. The monoisotopic (exact) mass is 599 g/mol. The predicted molar refractivity (Wildman–Crippen MR) is 180 cm³/mol. The lowest BCUT2D eigenvalue weighted by atomic mass is 9.92. The zero-order valence-corrected chi connectivity index (χ0v) is 27.5. The highest BCUT2D eigenvalue weighted by atomic mass is 16.2. The van der Waals surface area contributed by atoms with Crippen molar-refractivity contribution in [2.45, 2.75) is 97.2 Å². The Kier molecular flexibility index (Phi) is 11.2. The number of nitrogens with one attached hydrogen (secondary N) is 2. The van der Waals surface area contributed by atoms with Gasteiger partial charge in [0, 0.05) is 69.3 Å². The molecule has 1 saturated carbocycles. The van der Waals surface area contributed by atoms with Gasteiger partial charge in [0.15, 0.2) is 0 Å². The minimum Gasteiger partial charge on any atom is -0.361 e. The number of aromatic amines is 1. The summed E-state index contributed by atoms with van der Waals surface area (Å²) in [6.07, 6.45) is 12.1. The molecule has 2 aromatic carbocycles. The van der Waals surface area contributed by atoms with E-state index in [4.69, 9.17) is 0 Å². The third-order valence-corrected chi connectivity index (χ3v) is 10.0. The highest BCUT2D eigenvalue weighted by molar-refractivity contribution is 5.90. The van der Waals surface area contributed by atoms with Gasteiger partial charge in [-0.2, -0.15) is 0 Å². The first-order valence-corrected chi connectivity index (χ1v) is 17.1. The van der Waals surface area contributed by atoms with Gasteiger partial charge in [0.1, 0.15) is 6.04 Å². The van der Waals surface area contributed by atoms with E-state index in [1.54, 1.807) is 4.90 Å². The fourth-order valence-electron chi connectivity index (χ4n) is 7.56. The number of hydrogen-bond donors (Lipinski definition) is 2. The fraction of sp³-hybridized carbons (Fsp3) is 0.568. The van der Waals surface area contributed by atoms with Gasteiger partial charge in [0.25, 0.3) is 0 Å². The number of rotatable bonds is 12. The number of nitrogens with zero attached hydrogens (tertiary/aromatic N) is 3. The molecule has 1 aliphatic heterocycles. The third-order valence-electron chi connectivity index (χ3n) is 10.0. The standard InChI is InChI=1S/C37H53N5O2/c1-5-28-21-27(22-29(6-2)32(28)7-3)25-40(4)37(44)35(23-30-24-38-34-16-12-11-15-33(30)34)39-36(43)26-41-17-19-42(20-18-41)31-13-9-8-10-14-31/h11-12,15-16,21-22,24,31,35,38H,5-10,13-14,17-20,23,25-26H2,1-4H3,(H,39,43). The molecule has 238 valence electrons. The Morgan fingerprint density at radius 1 is 0.932 bits per heavy atom. The Hall–Kier alpha value is -3.16. The Morgan fingerprint density at radius 2 is 1.61 bits per heavy atom. The van der Waals surface area contributed by atoms with Crippen molar-refractivity contribution in [3.63, 3.8) is 0 Å². The number of carbonyl (C=O) groups is 2. The summed E-state index contributed by atoms with van der Waals surface area (Å²) in [6.45, 7) is 11.3. The summed E-state index contributed by atoms with van der Waals surface area (Å²) in [5, 5.41) is 4.27. The van der Waals surface area contributed by atoms with E-state index in [0.717, 1.165) is 67.5 Å². The molecule has 1 atom stereocenters. The summed E-state index contributed by atoms with van der Waals surface area (Å²) in [7, 11) is 1.87. The van der Waals surface area contributed by atoms with Gasteiger partial charge in [-0.25, -0.2) is 0 Å². The molecule has 5 rings (SSSR count). The number of aromatic nitrogens is 1. The van der Waals surface area contributed by atoms with E-state index in [1.807, 2.05) is 31.4 Å². The van der Waals surface area contributed by atoms with Gasteiger partial charge in [-0.3, -0.25) is 19.4 Å². The van der Waals surface area contributed by atoms with Crippen LogP contribution in [0.15, 0.2) is 42.6 Å². The maximum absolute atomic E-state index is 14.1. The molecule has 2 N–H and O–H groups in total. The molecule has 44 heavy (non-hydrogen) atoms. The summed E-state index contributed by atoms with van der Waals surface area (Å²) >= 11 is 0. The van der Waals surface area contributed by atoms with Crippen molar-refractivity contribution in [1.29, 1.82) is 0 Å². The topological polar surface area (TPSA) is 71.7 Å². The van der Waals surface area contributed by atoms with Gasteiger partial charge in [0.2, 0.25) is 11.8 Å². The van der Waals surface area contributed by atoms with Gasteiger partial charge < -0.3 is 15.2 Å². The molecule has 3 aromatic rings. The Morgan fingerprint density at radius 3 is 2.27 bits per heavy atom. The highest BCUT2D eigenvalue weighted by Crippen LogP contribution is 2.25. The number of amides is 2. The Balaban J connectivity index is 1.27. The number of piperazine rings is 1. The first kappa shape index (κ1) is 32.2.